The number of β-lactam (4-membered cyclic amide) rings is 1. The molecule has 1 saturated heterocycles. The molecule has 126 valence electrons. The number of benzene rings is 2. The number of amides is 2. The molecule has 0 spiro atoms. The molecular formula is C20H19N3O2. The summed E-state index contributed by atoms with van der Waals surface area (Å²) in [6, 6.07) is 14.8. The van der Waals surface area contributed by atoms with Gasteiger partial charge in [0.1, 0.15) is 6.04 Å². The molecule has 0 unspecified atom stereocenters. The van der Waals surface area contributed by atoms with Gasteiger partial charge in [0.15, 0.2) is 0 Å². The summed E-state index contributed by atoms with van der Waals surface area (Å²) in [7, 11) is 0. The molecule has 25 heavy (non-hydrogen) atoms. The number of nitrogens with zero attached hydrogens (tertiary/aromatic N) is 1. The Bertz CT molecular complexity index is 960. The lowest BCUT2D eigenvalue weighted by molar-refractivity contribution is -0.147. The van der Waals surface area contributed by atoms with E-state index in [2.05, 4.69) is 10.3 Å². The number of likely N-dealkylation sites (tertiary alicyclic amines) is 1. The lowest BCUT2D eigenvalue weighted by Gasteiger charge is -2.37. The fraction of sp³-hybridized carbons (Fsp3) is 0.200. The smallest absolute Gasteiger partial charge is 0.251 e. The van der Waals surface area contributed by atoms with E-state index in [4.69, 9.17) is 0 Å². The first kappa shape index (κ1) is 15.4. The molecule has 1 atom stereocenters. The molecular weight excluding hydrogens is 314 g/mol. The molecule has 0 saturated carbocycles. The Morgan fingerprint density at radius 2 is 1.92 bits per heavy atom. The molecule has 1 aromatic heterocycles. The summed E-state index contributed by atoms with van der Waals surface area (Å²) in [6.07, 6.45) is 2.33. The maximum Gasteiger partial charge on any atom is 0.251 e. The zero-order chi connectivity index (χ0) is 17.4. The van der Waals surface area contributed by atoms with Crippen molar-refractivity contribution in [3.63, 3.8) is 0 Å². The summed E-state index contributed by atoms with van der Waals surface area (Å²) < 4.78 is 0. The van der Waals surface area contributed by atoms with Crippen molar-refractivity contribution in [2.45, 2.75) is 19.4 Å². The van der Waals surface area contributed by atoms with Crippen LogP contribution in [0.2, 0.25) is 0 Å². The molecule has 1 aliphatic rings. The number of carbonyl (C=O) groups is 2. The lowest BCUT2D eigenvalue weighted by Crippen LogP contribution is -2.49. The monoisotopic (exact) mass is 333 g/mol. The number of aryl methyl sites for hydroxylation is 1. The number of H-pyrrole nitrogens is 1. The average molecular weight is 333 g/mol. The van der Waals surface area contributed by atoms with Crippen molar-refractivity contribution in [1.29, 1.82) is 0 Å². The third-order valence-corrected chi connectivity index (χ3v) is 4.77. The Morgan fingerprint density at radius 3 is 2.64 bits per heavy atom. The Hall–Kier alpha value is -3.08. The highest BCUT2D eigenvalue weighted by atomic mass is 16.2. The minimum absolute atomic E-state index is 0.00946. The van der Waals surface area contributed by atoms with Gasteiger partial charge >= 0.3 is 0 Å². The number of carbonyl (C=O) groups excluding carboxylic acids is 2. The first-order valence-electron chi connectivity index (χ1n) is 8.37. The predicted molar refractivity (Wildman–Crippen MR) is 97.2 cm³/mol. The van der Waals surface area contributed by atoms with E-state index in [0.717, 1.165) is 27.7 Å². The van der Waals surface area contributed by atoms with Gasteiger partial charge in [-0.15, -0.1) is 0 Å². The van der Waals surface area contributed by atoms with Crippen LogP contribution in [-0.2, 0) is 9.59 Å². The topological polar surface area (TPSA) is 65.2 Å². The highest BCUT2D eigenvalue weighted by Crippen LogP contribution is 2.33. The number of hydrogen-bond acceptors (Lipinski definition) is 2. The molecule has 1 fully saturated rings. The van der Waals surface area contributed by atoms with Crippen LogP contribution in [0.3, 0.4) is 0 Å². The van der Waals surface area contributed by atoms with Gasteiger partial charge in [0, 0.05) is 41.3 Å². The number of rotatable bonds is 4. The second-order valence-electron chi connectivity index (χ2n) is 6.33. The summed E-state index contributed by atoms with van der Waals surface area (Å²) in [5.74, 6) is -0.178. The molecule has 0 radical (unpaired) electrons. The van der Waals surface area contributed by atoms with Crippen molar-refractivity contribution in [3.05, 3.63) is 65.9 Å². The van der Waals surface area contributed by atoms with Crippen LogP contribution in [0, 0.1) is 6.92 Å². The Morgan fingerprint density at radius 1 is 1.16 bits per heavy atom. The summed E-state index contributed by atoms with van der Waals surface area (Å²) in [6.45, 7) is 2.55. The number of hydrogen-bond donors (Lipinski definition) is 2. The van der Waals surface area contributed by atoms with Gasteiger partial charge in [0.25, 0.3) is 5.91 Å². The summed E-state index contributed by atoms with van der Waals surface area (Å²) in [5.41, 5.74) is 3.54. The zero-order valence-electron chi connectivity index (χ0n) is 14.0. The third kappa shape index (κ3) is 2.67. The quantitative estimate of drug-likeness (QED) is 0.719. The molecule has 2 heterocycles. The maximum atomic E-state index is 13.1. The van der Waals surface area contributed by atoms with Gasteiger partial charge in [-0.3, -0.25) is 9.59 Å². The minimum atomic E-state index is -0.628. The molecule has 2 amide bonds. The van der Waals surface area contributed by atoms with E-state index in [1.165, 1.54) is 0 Å². The van der Waals surface area contributed by atoms with E-state index in [-0.39, 0.29) is 11.8 Å². The number of aromatic nitrogens is 1. The number of para-hydroxylation sites is 2. The van der Waals surface area contributed by atoms with E-state index in [1.807, 2.05) is 61.7 Å². The van der Waals surface area contributed by atoms with Crippen molar-refractivity contribution in [2.75, 3.05) is 11.9 Å². The van der Waals surface area contributed by atoms with Crippen LogP contribution >= 0.6 is 0 Å². The summed E-state index contributed by atoms with van der Waals surface area (Å²) in [4.78, 5) is 30.0. The van der Waals surface area contributed by atoms with E-state index < -0.39 is 6.04 Å². The minimum Gasteiger partial charge on any atom is -0.361 e. The second kappa shape index (κ2) is 6.09. The van der Waals surface area contributed by atoms with Gasteiger partial charge in [0.2, 0.25) is 5.91 Å². The second-order valence-corrected chi connectivity index (χ2v) is 6.33. The van der Waals surface area contributed by atoms with Gasteiger partial charge in [-0.1, -0.05) is 36.4 Å². The van der Waals surface area contributed by atoms with Gasteiger partial charge < -0.3 is 15.2 Å². The van der Waals surface area contributed by atoms with Gasteiger partial charge in [-0.25, -0.2) is 0 Å². The van der Waals surface area contributed by atoms with Crippen LogP contribution in [0.1, 0.15) is 23.6 Å². The normalized spacial score (nSPS) is 15.1. The lowest BCUT2D eigenvalue weighted by atomic mass is 9.99. The molecule has 5 heteroatoms. The Labute approximate surface area is 145 Å². The largest absolute Gasteiger partial charge is 0.361 e. The molecule has 2 N–H and O–H groups in total. The first-order valence-corrected chi connectivity index (χ1v) is 8.37. The molecule has 2 aromatic carbocycles. The van der Waals surface area contributed by atoms with Gasteiger partial charge in [-0.2, -0.15) is 0 Å². The highest BCUT2D eigenvalue weighted by molar-refractivity contribution is 6.02. The van der Waals surface area contributed by atoms with Crippen LogP contribution in [0.15, 0.2) is 54.7 Å². The van der Waals surface area contributed by atoms with Crippen LogP contribution in [0.25, 0.3) is 10.9 Å². The molecule has 0 bridgehead atoms. The first-order chi connectivity index (χ1) is 12.1. The van der Waals surface area contributed by atoms with Crippen molar-refractivity contribution in [3.8, 4) is 0 Å². The number of anilines is 1. The molecule has 5 nitrogen and oxygen atoms in total. The third-order valence-electron chi connectivity index (χ3n) is 4.77. The molecule has 0 aliphatic carbocycles. The predicted octanol–water partition coefficient (Wildman–Crippen LogP) is 3.39. The van der Waals surface area contributed by atoms with Crippen molar-refractivity contribution >= 4 is 28.4 Å². The number of fused-ring (bicyclic) bond motifs is 1. The molecule has 4 rings (SSSR count). The summed E-state index contributed by atoms with van der Waals surface area (Å²) in [5, 5.41) is 3.95. The number of nitrogens with one attached hydrogen (secondary N) is 2. The molecule has 3 aromatic rings. The zero-order valence-corrected chi connectivity index (χ0v) is 14.0. The highest BCUT2D eigenvalue weighted by Gasteiger charge is 2.38. The van der Waals surface area contributed by atoms with Crippen LogP contribution < -0.4 is 5.32 Å². The van der Waals surface area contributed by atoms with Crippen LogP contribution in [0.4, 0.5) is 5.69 Å². The average Bonchev–Trinajstić information content (AvgIpc) is 3.03. The van der Waals surface area contributed by atoms with E-state index >= 15 is 0 Å². The Balaban J connectivity index is 1.73. The van der Waals surface area contributed by atoms with Gasteiger partial charge in [0.05, 0.1) is 0 Å². The fourth-order valence-corrected chi connectivity index (χ4v) is 3.29. The van der Waals surface area contributed by atoms with Crippen molar-refractivity contribution in [2.24, 2.45) is 0 Å². The van der Waals surface area contributed by atoms with Crippen LogP contribution in [0.5, 0.6) is 0 Å². The van der Waals surface area contributed by atoms with Gasteiger partial charge in [-0.05, 0) is 24.6 Å². The number of aromatic amines is 1. The van der Waals surface area contributed by atoms with Crippen LogP contribution in [-0.4, -0.2) is 28.2 Å². The van der Waals surface area contributed by atoms with E-state index in [1.54, 1.807) is 4.90 Å². The van der Waals surface area contributed by atoms with Crippen molar-refractivity contribution < 1.29 is 9.59 Å². The Kier molecular flexibility index (Phi) is 3.76. The maximum absolute atomic E-state index is 13.1. The van der Waals surface area contributed by atoms with E-state index in [0.29, 0.717) is 13.0 Å². The van der Waals surface area contributed by atoms with E-state index in [9.17, 15) is 9.59 Å². The fourth-order valence-electron chi connectivity index (χ4n) is 3.29. The standard InChI is InChI=1S/C20H19N3O2/c1-13-6-2-4-8-16(13)22-20(25)19(23-11-10-18(23)24)15-12-21-17-9-5-3-7-14(15)17/h2-9,12,19,21H,10-11H2,1H3,(H,22,25)/t19-/m0/s1. The SMILES string of the molecule is Cc1ccccc1NC(=O)[C@H](c1c[nH]c2ccccc12)N1CCC1=O. The van der Waals surface area contributed by atoms with Crippen molar-refractivity contribution in [1.82, 2.24) is 9.88 Å². The molecule has 1 aliphatic heterocycles. The summed E-state index contributed by atoms with van der Waals surface area (Å²) >= 11 is 0.